The van der Waals surface area contributed by atoms with Gasteiger partial charge in [-0.15, -0.1) is 10.2 Å². The Kier molecular flexibility index (Phi) is 3.91. The van der Waals surface area contributed by atoms with E-state index in [1.165, 1.54) is 0 Å². The summed E-state index contributed by atoms with van der Waals surface area (Å²) in [5.41, 5.74) is 9.06. The first-order chi connectivity index (χ1) is 17.8. The average Bonchev–Trinajstić information content (AvgIpc) is 3.51. The first-order valence-corrected chi connectivity index (χ1v) is 12.0. The predicted molar refractivity (Wildman–Crippen MR) is 142 cm³/mol. The van der Waals surface area contributed by atoms with E-state index in [0.29, 0.717) is 0 Å². The summed E-state index contributed by atoms with van der Waals surface area (Å²) < 4.78 is 0. The molecule has 4 heteroatoms. The standard InChI is InChI=1S/C32H18N4/c1-2-8-19(9-3-1)21-14-16-26-30(29(21)28-18-20-10-4-6-12-24(20)35-36-28)31-27(33-26)17-15-23-22-11-5-7-13-25(22)34-32(23)31/h1-18H. The number of hydrogen-bond donors (Lipinski definition) is 0. The molecule has 2 aliphatic rings. The van der Waals surface area contributed by atoms with E-state index in [1.54, 1.807) is 0 Å². The summed E-state index contributed by atoms with van der Waals surface area (Å²) in [4.78, 5) is 10.1. The Balaban J connectivity index is 1.51. The second-order valence-corrected chi connectivity index (χ2v) is 9.13. The topological polar surface area (TPSA) is 50.5 Å². The van der Waals surface area contributed by atoms with Crippen molar-refractivity contribution in [1.82, 2.24) is 10.2 Å². The number of para-hydroxylation sites is 1. The molecule has 0 atom stereocenters. The largest absolute Gasteiger partial charge is 0.248 e. The van der Waals surface area contributed by atoms with Crippen LogP contribution in [0.15, 0.2) is 119 Å². The Labute approximate surface area is 206 Å². The van der Waals surface area contributed by atoms with E-state index >= 15 is 0 Å². The SMILES string of the molecule is c1ccc(-c2ccc3c(c2-c2cc4ccccc4nn2)-c2c4c(ccc2=N3)=c2ccccc2=N4)cc1. The van der Waals surface area contributed by atoms with Crippen LogP contribution in [0.2, 0.25) is 0 Å². The normalized spacial score (nSPS) is 12.3. The highest BCUT2D eigenvalue weighted by molar-refractivity contribution is 6.03. The van der Waals surface area contributed by atoms with Gasteiger partial charge in [0, 0.05) is 32.5 Å². The molecule has 4 nitrogen and oxygen atoms in total. The van der Waals surface area contributed by atoms with Crippen molar-refractivity contribution in [2.75, 3.05) is 0 Å². The second-order valence-electron chi connectivity index (χ2n) is 9.13. The van der Waals surface area contributed by atoms with E-state index in [4.69, 9.17) is 15.1 Å². The van der Waals surface area contributed by atoms with Crippen LogP contribution in [-0.4, -0.2) is 10.2 Å². The first kappa shape index (κ1) is 19.4. The minimum absolute atomic E-state index is 0.834. The molecule has 6 aromatic rings. The lowest BCUT2D eigenvalue weighted by Crippen LogP contribution is -2.02. The fourth-order valence-corrected chi connectivity index (χ4v) is 5.47. The highest BCUT2D eigenvalue weighted by Crippen LogP contribution is 2.48. The molecule has 166 valence electrons. The first-order valence-electron chi connectivity index (χ1n) is 12.0. The maximum atomic E-state index is 5.08. The van der Waals surface area contributed by atoms with Gasteiger partial charge in [-0.1, -0.05) is 72.8 Å². The number of fused-ring (bicyclic) bond motifs is 7. The van der Waals surface area contributed by atoms with Gasteiger partial charge in [0.05, 0.1) is 33.3 Å². The monoisotopic (exact) mass is 458 g/mol. The summed E-state index contributed by atoms with van der Waals surface area (Å²) in [6.45, 7) is 0. The summed E-state index contributed by atoms with van der Waals surface area (Å²) in [6, 6.07) is 37.6. The fourth-order valence-electron chi connectivity index (χ4n) is 5.47. The predicted octanol–water partition coefficient (Wildman–Crippen LogP) is 6.45. The number of benzene rings is 5. The third kappa shape index (κ3) is 2.70. The summed E-state index contributed by atoms with van der Waals surface area (Å²) in [7, 11) is 0. The molecule has 0 saturated heterocycles. The van der Waals surface area contributed by atoms with Crippen LogP contribution in [0.25, 0.3) is 44.4 Å². The van der Waals surface area contributed by atoms with Crippen molar-refractivity contribution >= 4 is 22.3 Å². The molecule has 0 amide bonds. The molecule has 0 saturated carbocycles. The lowest BCUT2D eigenvalue weighted by molar-refractivity contribution is 1.08. The molecule has 0 unspecified atom stereocenters. The zero-order valence-electron chi connectivity index (χ0n) is 19.2. The van der Waals surface area contributed by atoms with Crippen LogP contribution >= 0.6 is 0 Å². The van der Waals surface area contributed by atoms with Crippen LogP contribution in [0, 0.1) is 10.4 Å². The van der Waals surface area contributed by atoms with Gasteiger partial charge in [-0.2, -0.15) is 0 Å². The third-order valence-electron chi connectivity index (χ3n) is 7.09. The molecular formula is C32H18N4. The average molecular weight is 459 g/mol. The zero-order valence-corrected chi connectivity index (χ0v) is 19.2. The van der Waals surface area contributed by atoms with Crippen molar-refractivity contribution < 1.29 is 0 Å². The van der Waals surface area contributed by atoms with Crippen molar-refractivity contribution in [2.24, 2.45) is 9.98 Å². The van der Waals surface area contributed by atoms with Gasteiger partial charge in [-0.3, -0.25) is 0 Å². The van der Waals surface area contributed by atoms with Crippen molar-refractivity contribution in [3.8, 4) is 33.5 Å². The quantitative estimate of drug-likeness (QED) is 0.299. The molecule has 0 radical (unpaired) electrons. The van der Waals surface area contributed by atoms with E-state index < -0.39 is 0 Å². The minimum Gasteiger partial charge on any atom is -0.248 e. The molecule has 0 aliphatic carbocycles. The highest BCUT2D eigenvalue weighted by atomic mass is 15.1. The van der Waals surface area contributed by atoms with Gasteiger partial charge in [0.15, 0.2) is 0 Å². The van der Waals surface area contributed by atoms with E-state index in [-0.39, 0.29) is 0 Å². The van der Waals surface area contributed by atoms with Crippen molar-refractivity contribution in [3.63, 3.8) is 0 Å². The lowest BCUT2D eigenvalue weighted by atomic mass is 9.88. The van der Waals surface area contributed by atoms with E-state index in [0.717, 1.165) is 76.9 Å². The number of rotatable bonds is 2. The maximum absolute atomic E-state index is 5.08. The van der Waals surface area contributed by atoms with Crippen molar-refractivity contribution in [2.45, 2.75) is 0 Å². The van der Waals surface area contributed by atoms with Crippen molar-refractivity contribution in [3.05, 3.63) is 130 Å². The summed E-state index contributed by atoms with van der Waals surface area (Å²) >= 11 is 0. The molecule has 5 aromatic carbocycles. The number of hydrogen-bond acceptors (Lipinski definition) is 4. The van der Waals surface area contributed by atoms with Gasteiger partial charge >= 0.3 is 0 Å². The van der Waals surface area contributed by atoms with Crippen molar-refractivity contribution in [1.29, 1.82) is 0 Å². The molecule has 8 rings (SSSR count). The van der Waals surface area contributed by atoms with Gasteiger partial charge in [-0.25, -0.2) is 9.98 Å². The van der Waals surface area contributed by atoms with E-state index in [9.17, 15) is 0 Å². The summed E-state index contributed by atoms with van der Waals surface area (Å²) in [6.07, 6.45) is 0. The summed E-state index contributed by atoms with van der Waals surface area (Å²) in [5.74, 6) is 0. The summed E-state index contributed by atoms with van der Waals surface area (Å²) in [5, 5.41) is 14.6. The third-order valence-corrected chi connectivity index (χ3v) is 7.09. The molecule has 1 aromatic heterocycles. The number of nitrogens with zero attached hydrogens (tertiary/aromatic N) is 4. The Morgan fingerprint density at radius 3 is 2.28 bits per heavy atom. The molecule has 36 heavy (non-hydrogen) atoms. The molecular weight excluding hydrogens is 440 g/mol. The molecule has 0 spiro atoms. The van der Waals surface area contributed by atoms with Gasteiger partial charge in [0.25, 0.3) is 0 Å². The van der Waals surface area contributed by atoms with Crippen LogP contribution in [0.3, 0.4) is 0 Å². The van der Waals surface area contributed by atoms with Crippen LogP contribution < -0.4 is 10.7 Å². The highest BCUT2D eigenvalue weighted by Gasteiger charge is 2.27. The fraction of sp³-hybridized carbons (Fsp3) is 0. The number of aromatic nitrogens is 2. The van der Waals surface area contributed by atoms with Gasteiger partial charge in [0.1, 0.15) is 0 Å². The lowest BCUT2D eigenvalue weighted by Gasteiger charge is -2.16. The molecule has 3 heterocycles. The van der Waals surface area contributed by atoms with E-state index in [1.807, 2.05) is 30.3 Å². The van der Waals surface area contributed by atoms with Gasteiger partial charge < -0.3 is 0 Å². The van der Waals surface area contributed by atoms with Crippen LogP contribution in [-0.2, 0) is 0 Å². The Morgan fingerprint density at radius 1 is 0.500 bits per heavy atom. The van der Waals surface area contributed by atoms with Gasteiger partial charge in [0.2, 0.25) is 0 Å². The molecule has 2 aliphatic heterocycles. The molecule has 0 bridgehead atoms. The van der Waals surface area contributed by atoms with E-state index in [2.05, 4.69) is 84.0 Å². The van der Waals surface area contributed by atoms with Crippen LogP contribution in [0.5, 0.6) is 0 Å². The Morgan fingerprint density at radius 2 is 1.33 bits per heavy atom. The van der Waals surface area contributed by atoms with Crippen LogP contribution in [0.1, 0.15) is 0 Å². The molecule has 0 N–H and O–H groups in total. The minimum atomic E-state index is 0.834. The van der Waals surface area contributed by atoms with Gasteiger partial charge in [-0.05, 0) is 47.5 Å². The maximum Gasteiger partial charge on any atom is 0.0949 e. The zero-order chi connectivity index (χ0) is 23.6. The molecule has 0 fully saturated rings. The van der Waals surface area contributed by atoms with Crippen LogP contribution in [0.4, 0.5) is 11.4 Å². The Bertz CT molecular complexity index is 2100. The second kappa shape index (κ2) is 7.27. The Hall–Kier alpha value is -4.96. The smallest absolute Gasteiger partial charge is 0.0949 e.